The van der Waals surface area contributed by atoms with Crippen LogP contribution < -0.4 is 5.32 Å². The summed E-state index contributed by atoms with van der Waals surface area (Å²) in [5, 5.41) is 4.07. The number of halogens is 1. The molecule has 0 aromatic carbocycles. The van der Waals surface area contributed by atoms with Gasteiger partial charge in [-0.2, -0.15) is 0 Å². The Morgan fingerprint density at radius 1 is 1.33 bits per heavy atom. The van der Waals surface area contributed by atoms with Crippen LogP contribution in [-0.2, 0) is 4.79 Å². The molecule has 1 amide bonds. The van der Waals surface area contributed by atoms with Crippen LogP contribution in [0.3, 0.4) is 0 Å². The lowest BCUT2D eigenvalue weighted by Crippen LogP contribution is -2.54. The smallest absolute Gasteiger partial charge is 0.220 e. The van der Waals surface area contributed by atoms with Crippen molar-refractivity contribution in [1.29, 1.82) is 0 Å². The summed E-state index contributed by atoms with van der Waals surface area (Å²) in [4.78, 5) is 11.6. The molecule has 0 spiro atoms. The van der Waals surface area contributed by atoms with E-state index in [4.69, 9.17) is 0 Å². The maximum atomic E-state index is 11.6. The van der Waals surface area contributed by atoms with Crippen molar-refractivity contribution in [3.8, 4) is 0 Å². The van der Waals surface area contributed by atoms with Gasteiger partial charge in [-0.25, -0.2) is 0 Å². The fourth-order valence-corrected chi connectivity index (χ4v) is 2.67. The van der Waals surface area contributed by atoms with Crippen LogP contribution in [-0.4, -0.2) is 16.8 Å². The number of alkyl halides is 1. The lowest BCUT2D eigenvalue weighted by Gasteiger charge is -2.41. The number of hydrogen-bond donors (Lipinski definition) is 1. The highest BCUT2D eigenvalue weighted by Gasteiger charge is 2.36. The Labute approximate surface area is 101 Å². The van der Waals surface area contributed by atoms with E-state index in [1.165, 1.54) is 25.7 Å². The predicted molar refractivity (Wildman–Crippen MR) is 67.3 cm³/mol. The first-order chi connectivity index (χ1) is 7.22. The molecule has 0 bridgehead atoms. The van der Waals surface area contributed by atoms with Gasteiger partial charge < -0.3 is 5.32 Å². The first-order valence-electron chi connectivity index (χ1n) is 6.09. The van der Waals surface area contributed by atoms with E-state index in [-0.39, 0.29) is 11.4 Å². The van der Waals surface area contributed by atoms with E-state index < -0.39 is 0 Å². The monoisotopic (exact) mass is 275 g/mol. The highest BCUT2D eigenvalue weighted by atomic mass is 79.9. The summed E-state index contributed by atoms with van der Waals surface area (Å²) in [7, 11) is 0. The summed E-state index contributed by atoms with van der Waals surface area (Å²) in [5.74, 6) is 0.241. The molecular weight excluding hydrogens is 254 g/mol. The van der Waals surface area contributed by atoms with E-state index in [1.807, 2.05) is 0 Å². The van der Waals surface area contributed by atoms with E-state index in [9.17, 15) is 4.79 Å². The van der Waals surface area contributed by atoms with Crippen molar-refractivity contribution in [3.63, 3.8) is 0 Å². The molecule has 1 N–H and O–H groups in total. The molecule has 0 aromatic heterocycles. The van der Waals surface area contributed by atoms with Crippen molar-refractivity contribution in [2.24, 2.45) is 0 Å². The number of carbonyl (C=O) groups excluding carboxylic acids is 1. The minimum atomic E-state index is 0.0990. The molecule has 1 rings (SSSR count). The maximum absolute atomic E-state index is 11.6. The van der Waals surface area contributed by atoms with Gasteiger partial charge in [-0.1, -0.05) is 42.1 Å². The van der Waals surface area contributed by atoms with Gasteiger partial charge in [0.1, 0.15) is 0 Å². The number of carbonyl (C=O) groups is 1. The SMILES string of the molecule is CCCCCCC(=O)NC1(CBr)CCC1. The Hall–Kier alpha value is -0.0500. The zero-order valence-electron chi connectivity index (χ0n) is 9.65. The molecule has 1 aliphatic carbocycles. The summed E-state index contributed by atoms with van der Waals surface area (Å²) < 4.78 is 0. The Morgan fingerprint density at radius 3 is 2.53 bits per heavy atom. The average Bonchev–Trinajstić information content (AvgIpc) is 2.18. The first-order valence-corrected chi connectivity index (χ1v) is 7.21. The number of unbranched alkanes of at least 4 members (excludes halogenated alkanes) is 3. The van der Waals surface area contributed by atoms with Crippen LogP contribution in [0.15, 0.2) is 0 Å². The van der Waals surface area contributed by atoms with E-state index in [0.29, 0.717) is 6.42 Å². The van der Waals surface area contributed by atoms with Gasteiger partial charge in [-0.05, 0) is 25.7 Å². The minimum absolute atomic E-state index is 0.0990. The lowest BCUT2D eigenvalue weighted by molar-refractivity contribution is -0.123. The van der Waals surface area contributed by atoms with Crippen LogP contribution in [0.1, 0.15) is 58.3 Å². The number of hydrogen-bond acceptors (Lipinski definition) is 1. The number of nitrogens with one attached hydrogen (secondary N) is 1. The highest BCUT2D eigenvalue weighted by Crippen LogP contribution is 2.33. The van der Waals surface area contributed by atoms with Crippen molar-refractivity contribution >= 4 is 21.8 Å². The fourth-order valence-electron chi connectivity index (χ4n) is 1.97. The van der Waals surface area contributed by atoms with E-state index >= 15 is 0 Å². The lowest BCUT2D eigenvalue weighted by atomic mass is 9.78. The molecular formula is C12H22BrNO. The van der Waals surface area contributed by atoms with Crippen LogP contribution in [0.4, 0.5) is 0 Å². The zero-order chi connectivity index (χ0) is 11.1. The molecule has 0 aromatic rings. The number of rotatable bonds is 7. The van der Waals surface area contributed by atoms with Crippen LogP contribution >= 0.6 is 15.9 Å². The summed E-state index contributed by atoms with van der Waals surface area (Å²) in [6, 6.07) is 0. The van der Waals surface area contributed by atoms with E-state index in [0.717, 1.165) is 24.6 Å². The van der Waals surface area contributed by atoms with Crippen LogP contribution in [0.2, 0.25) is 0 Å². The summed E-state index contributed by atoms with van der Waals surface area (Å²) in [6.45, 7) is 2.19. The van der Waals surface area contributed by atoms with Crippen molar-refractivity contribution in [1.82, 2.24) is 5.32 Å². The predicted octanol–water partition coefficient (Wildman–Crippen LogP) is 3.39. The third kappa shape index (κ3) is 4.13. The molecule has 0 saturated heterocycles. The molecule has 0 unspecified atom stereocenters. The molecule has 15 heavy (non-hydrogen) atoms. The largest absolute Gasteiger partial charge is 0.350 e. The van der Waals surface area contributed by atoms with Gasteiger partial charge >= 0.3 is 0 Å². The van der Waals surface area contributed by atoms with Gasteiger partial charge in [0.15, 0.2) is 0 Å². The average molecular weight is 276 g/mol. The minimum Gasteiger partial charge on any atom is -0.350 e. The second-order valence-corrected chi connectivity index (χ2v) is 5.19. The third-order valence-corrected chi connectivity index (χ3v) is 4.30. The second-order valence-electron chi connectivity index (χ2n) is 4.63. The van der Waals surface area contributed by atoms with Crippen LogP contribution in [0.25, 0.3) is 0 Å². The standard InChI is InChI=1S/C12H22BrNO/c1-2-3-4-5-7-11(15)14-12(10-13)8-6-9-12/h2-10H2,1H3,(H,14,15). The molecule has 0 radical (unpaired) electrons. The molecule has 1 fully saturated rings. The van der Waals surface area contributed by atoms with Gasteiger partial charge in [-0.15, -0.1) is 0 Å². The van der Waals surface area contributed by atoms with Gasteiger partial charge in [0.25, 0.3) is 0 Å². The zero-order valence-corrected chi connectivity index (χ0v) is 11.2. The Bertz CT molecular complexity index is 196. The molecule has 1 saturated carbocycles. The Kier molecular flexibility index (Phi) is 5.65. The number of amides is 1. The third-order valence-electron chi connectivity index (χ3n) is 3.23. The maximum Gasteiger partial charge on any atom is 0.220 e. The molecule has 0 heterocycles. The Morgan fingerprint density at radius 2 is 2.07 bits per heavy atom. The van der Waals surface area contributed by atoms with Gasteiger partial charge in [0.05, 0.1) is 0 Å². The van der Waals surface area contributed by atoms with Crippen molar-refractivity contribution in [3.05, 3.63) is 0 Å². The van der Waals surface area contributed by atoms with Crippen molar-refractivity contribution in [2.75, 3.05) is 5.33 Å². The highest BCUT2D eigenvalue weighted by molar-refractivity contribution is 9.09. The molecule has 3 heteroatoms. The normalized spacial score (nSPS) is 18.3. The molecule has 88 valence electrons. The first kappa shape index (κ1) is 13.0. The van der Waals surface area contributed by atoms with Crippen molar-refractivity contribution in [2.45, 2.75) is 63.8 Å². The van der Waals surface area contributed by atoms with Gasteiger partial charge in [0.2, 0.25) is 5.91 Å². The van der Waals surface area contributed by atoms with Crippen molar-refractivity contribution < 1.29 is 4.79 Å². The fraction of sp³-hybridized carbons (Fsp3) is 0.917. The van der Waals surface area contributed by atoms with Gasteiger partial charge in [0, 0.05) is 17.3 Å². The van der Waals surface area contributed by atoms with Gasteiger partial charge in [-0.3, -0.25) is 4.79 Å². The van der Waals surface area contributed by atoms with E-state index in [1.54, 1.807) is 0 Å². The summed E-state index contributed by atoms with van der Waals surface area (Å²) in [6.07, 6.45) is 8.93. The van der Waals surface area contributed by atoms with Crippen LogP contribution in [0, 0.1) is 0 Å². The topological polar surface area (TPSA) is 29.1 Å². The summed E-state index contributed by atoms with van der Waals surface area (Å²) >= 11 is 3.49. The molecule has 0 aliphatic heterocycles. The molecule has 2 nitrogen and oxygen atoms in total. The summed E-state index contributed by atoms with van der Waals surface area (Å²) in [5.41, 5.74) is 0.0990. The molecule has 1 aliphatic rings. The molecule has 0 atom stereocenters. The van der Waals surface area contributed by atoms with Crippen LogP contribution in [0.5, 0.6) is 0 Å². The Balaban J connectivity index is 2.12. The van der Waals surface area contributed by atoms with E-state index in [2.05, 4.69) is 28.2 Å². The quantitative estimate of drug-likeness (QED) is 0.560. The second kappa shape index (κ2) is 6.51.